The maximum Gasteiger partial charge on any atom is 0.294 e. The van der Waals surface area contributed by atoms with Crippen LogP contribution in [-0.4, -0.2) is 32.5 Å². The molecule has 0 atom stereocenters. The summed E-state index contributed by atoms with van der Waals surface area (Å²) >= 11 is 0. The molecule has 2 rings (SSSR count). The summed E-state index contributed by atoms with van der Waals surface area (Å²) < 4.78 is 1.52. The van der Waals surface area contributed by atoms with Crippen LogP contribution in [0.2, 0.25) is 0 Å². The maximum absolute atomic E-state index is 12.1. The van der Waals surface area contributed by atoms with Gasteiger partial charge in [-0.15, -0.1) is 0 Å². The number of amides is 1. The number of carbonyl (C=O) groups is 1. The molecule has 0 unspecified atom stereocenters. The number of nitro benzene ring substituents is 1. The summed E-state index contributed by atoms with van der Waals surface area (Å²) in [4.78, 5) is 26.6. The van der Waals surface area contributed by atoms with Gasteiger partial charge in [0, 0.05) is 36.1 Å². The standard InChI is InChI=1S/C14H17N5O3/c1-14(2,15)8-17-13(20)10-3-4-11(12(7-10)19(21)22)18-6-5-16-9-18/h3-7,9H,8,15H2,1-2H3,(H,17,20). The molecule has 0 aliphatic carbocycles. The van der Waals surface area contributed by atoms with Crippen molar-refractivity contribution in [3.63, 3.8) is 0 Å². The Bertz CT molecular complexity index is 689. The van der Waals surface area contributed by atoms with Gasteiger partial charge in [0.2, 0.25) is 0 Å². The number of nitro groups is 1. The van der Waals surface area contributed by atoms with E-state index in [1.165, 1.54) is 35.3 Å². The van der Waals surface area contributed by atoms with Crippen molar-refractivity contribution in [2.24, 2.45) is 5.73 Å². The molecule has 0 radical (unpaired) electrons. The molecule has 116 valence electrons. The van der Waals surface area contributed by atoms with Crippen molar-refractivity contribution in [3.05, 3.63) is 52.6 Å². The Kier molecular flexibility index (Phi) is 4.22. The lowest BCUT2D eigenvalue weighted by Crippen LogP contribution is -2.45. The molecule has 1 heterocycles. The Morgan fingerprint density at radius 3 is 2.77 bits per heavy atom. The van der Waals surface area contributed by atoms with Crippen molar-refractivity contribution in [2.45, 2.75) is 19.4 Å². The number of carbonyl (C=O) groups excluding carboxylic acids is 1. The van der Waals surface area contributed by atoms with E-state index < -0.39 is 16.4 Å². The molecule has 0 spiro atoms. The van der Waals surface area contributed by atoms with Crippen LogP contribution in [0, 0.1) is 10.1 Å². The van der Waals surface area contributed by atoms with E-state index in [0.29, 0.717) is 5.69 Å². The molecule has 22 heavy (non-hydrogen) atoms. The molecule has 0 aliphatic heterocycles. The summed E-state index contributed by atoms with van der Waals surface area (Å²) in [5, 5.41) is 13.9. The average Bonchev–Trinajstić information content (AvgIpc) is 2.97. The predicted octanol–water partition coefficient (Wildman–Crippen LogP) is 1.25. The first-order valence-corrected chi connectivity index (χ1v) is 6.62. The number of nitrogens with two attached hydrogens (primary N) is 1. The first-order chi connectivity index (χ1) is 10.3. The van der Waals surface area contributed by atoms with E-state index >= 15 is 0 Å². The van der Waals surface area contributed by atoms with Crippen molar-refractivity contribution >= 4 is 11.6 Å². The molecule has 1 aromatic carbocycles. The summed E-state index contributed by atoms with van der Waals surface area (Å²) in [6, 6.07) is 4.29. The van der Waals surface area contributed by atoms with Crippen LogP contribution in [0.5, 0.6) is 0 Å². The van der Waals surface area contributed by atoms with E-state index in [4.69, 9.17) is 5.73 Å². The number of nitrogens with one attached hydrogen (secondary N) is 1. The van der Waals surface area contributed by atoms with Gasteiger partial charge in [0.05, 0.1) is 11.3 Å². The molecule has 1 aromatic heterocycles. The fraction of sp³-hybridized carbons (Fsp3) is 0.286. The first-order valence-electron chi connectivity index (χ1n) is 6.62. The van der Waals surface area contributed by atoms with Crippen LogP contribution >= 0.6 is 0 Å². The quantitative estimate of drug-likeness (QED) is 0.637. The predicted molar refractivity (Wildman–Crippen MR) is 80.8 cm³/mol. The number of hydrogen-bond acceptors (Lipinski definition) is 5. The Morgan fingerprint density at radius 2 is 2.23 bits per heavy atom. The lowest BCUT2D eigenvalue weighted by Gasteiger charge is -2.18. The molecule has 0 bridgehead atoms. The molecular weight excluding hydrogens is 286 g/mol. The van der Waals surface area contributed by atoms with Crippen LogP contribution in [0.3, 0.4) is 0 Å². The van der Waals surface area contributed by atoms with Gasteiger partial charge in [0.25, 0.3) is 11.6 Å². The van der Waals surface area contributed by atoms with Crippen LogP contribution in [0.15, 0.2) is 36.9 Å². The largest absolute Gasteiger partial charge is 0.350 e. The minimum Gasteiger partial charge on any atom is -0.350 e. The number of hydrogen-bond donors (Lipinski definition) is 2. The van der Waals surface area contributed by atoms with Gasteiger partial charge in [0.15, 0.2) is 0 Å². The molecule has 2 aromatic rings. The number of imidazole rings is 1. The second-order valence-corrected chi connectivity index (χ2v) is 5.60. The topological polar surface area (TPSA) is 116 Å². The van der Waals surface area contributed by atoms with E-state index in [1.54, 1.807) is 20.0 Å². The Morgan fingerprint density at radius 1 is 1.50 bits per heavy atom. The summed E-state index contributed by atoms with van der Waals surface area (Å²) in [5.41, 5.74) is 5.62. The lowest BCUT2D eigenvalue weighted by molar-refractivity contribution is -0.384. The summed E-state index contributed by atoms with van der Waals surface area (Å²) in [6.07, 6.45) is 4.58. The monoisotopic (exact) mass is 303 g/mol. The molecule has 0 saturated carbocycles. The fourth-order valence-electron chi connectivity index (χ4n) is 1.84. The van der Waals surface area contributed by atoms with Gasteiger partial charge in [-0.2, -0.15) is 0 Å². The van der Waals surface area contributed by atoms with Crippen molar-refractivity contribution in [1.82, 2.24) is 14.9 Å². The van der Waals surface area contributed by atoms with Gasteiger partial charge < -0.3 is 15.6 Å². The zero-order chi connectivity index (χ0) is 16.3. The van der Waals surface area contributed by atoms with Crippen molar-refractivity contribution in [3.8, 4) is 5.69 Å². The highest BCUT2D eigenvalue weighted by Gasteiger charge is 2.19. The highest BCUT2D eigenvalue weighted by molar-refractivity contribution is 5.95. The van der Waals surface area contributed by atoms with Crippen LogP contribution in [0.4, 0.5) is 5.69 Å². The fourth-order valence-corrected chi connectivity index (χ4v) is 1.84. The third kappa shape index (κ3) is 3.67. The summed E-state index contributed by atoms with van der Waals surface area (Å²) in [6.45, 7) is 3.82. The van der Waals surface area contributed by atoms with E-state index in [9.17, 15) is 14.9 Å². The van der Waals surface area contributed by atoms with Crippen LogP contribution in [0.25, 0.3) is 5.69 Å². The third-order valence-corrected chi connectivity index (χ3v) is 2.92. The number of rotatable bonds is 5. The third-order valence-electron chi connectivity index (χ3n) is 2.92. The van der Waals surface area contributed by atoms with Crippen molar-refractivity contribution in [1.29, 1.82) is 0 Å². The van der Waals surface area contributed by atoms with Crippen molar-refractivity contribution < 1.29 is 9.72 Å². The zero-order valence-electron chi connectivity index (χ0n) is 12.3. The average molecular weight is 303 g/mol. The number of aromatic nitrogens is 2. The SMILES string of the molecule is CC(C)(N)CNC(=O)c1ccc(-n2ccnc2)c([N+](=O)[O-])c1. The molecule has 0 fully saturated rings. The molecule has 8 nitrogen and oxygen atoms in total. The van der Waals surface area contributed by atoms with E-state index in [0.717, 1.165) is 0 Å². The van der Waals surface area contributed by atoms with Crippen LogP contribution < -0.4 is 11.1 Å². The second kappa shape index (κ2) is 5.94. The number of nitrogens with zero attached hydrogens (tertiary/aromatic N) is 3. The van der Waals surface area contributed by atoms with Crippen LogP contribution in [0.1, 0.15) is 24.2 Å². The van der Waals surface area contributed by atoms with E-state index in [-0.39, 0.29) is 17.8 Å². The highest BCUT2D eigenvalue weighted by atomic mass is 16.6. The molecule has 0 aliphatic rings. The molecule has 0 saturated heterocycles. The first kappa shape index (κ1) is 15.6. The second-order valence-electron chi connectivity index (χ2n) is 5.60. The molecular formula is C14H17N5O3. The van der Waals surface area contributed by atoms with Gasteiger partial charge in [-0.1, -0.05) is 0 Å². The Labute approximate surface area is 127 Å². The minimum atomic E-state index is -0.557. The Hall–Kier alpha value is -2.74. The van der Waals surface area contributed by atoms with Crippen LogP contribution in [-0.2, 0) is 0 Å². The highest BCUT2D eigenvalue weighted by Crippen LogP contribution is 2.24. The van der Waals surface area contributed by atoms with Gasteiger partial charge in [-0.3, -0.25) is 14.9 Å². The van der Waals surface area contributed by atoms with Gasteiger partial charge in [0.1, 0.15) is 5.69 Å². The molecule has 8 heteroatoms. The van der Waals surface area contributed by atoms with E-state index in [1.807, 2.05) is 0 Å². The summed E-state index contributed by atoms with van der Waals surface area (Å²) in [5.74, 6) is -0.404. The van der Waals surface area contributed by atoms with Gasteiger partial charge in [-0.05, 0) is 26.0 Å². The van der Waals surface area contributed by atoms with Gasteiger partial charge in [-0.25, -0.2) is 4.98 Å². The van der Waals surface area contributed by atoms with Gasteiger partial charge >= 0.3 is 0 Å². The van der Waals surface area contributed by atoms with Crippen molar-refractivity contribution in [2.75, 3.05) is 6.54 Å². The van der Waals surface area contributed by atoms with E-state index in [2.05, 4.69) is 10.3 Å². The maximum atomic E-state index is 12.1. The minimum absolute atomic E-state index is 0.169. The normalized spacial score (nSPS) is 11.2. The zero-order valence-corrected chi connectivity index (χ0v) is 12.3. The smallest absolute Gasteiger partial charge is 0.294 e. The summed E-state index contributed by atoms with van der Waals surface area (Å²) in [7, 11) is 0. The number of benzene rings is 1. The molecule has 1 amide bonds. The lowest BCUT2D eigenvalue weighted by atomic mass is 10.1. The Balaban J connectivity index is 2.30. The molecule has 3 N–H and O–H groups in total.